The van der Waals surface area contributed by atoms with E-state index in [1.54, 1.807) is 7.11 Å². The monoisotopic (exact) mass is 345 g/mol. The maximum absolute atomic E-state index is 12.4. The molecular weight excluding hydrogens is 326 g/mol. The van der Waals surface area contributed by atoms with Gasteiger partial charge in [-0.15, -0.1) is 11.3 Å². The number of ether oxygens (including phenoxy) is 1. The first-order valence-electron chi connectivity index (χ1n) is 7.78. The zero-order chi connectivity index (χ0) is 17.3. The lowest BCUT2D eigenvalue weighted by Gasteiger charge is -2.12. The van der Waals surface area contributed by atoms with E-state index in [0.29, 0.717) is 4.88 Å². The molecule has 2 aromatic rings. The van der Waals surface area contributed by atoms with Crippen LogP contribution in [0.4, 0.5) is 0 Å². The van der Waals surface area contributed by atoms with Crippen molar-refractivity contribution in [3.8, 4) is 16.9 Å². The van der Waals surface area contributed by atoms with E-state index in [2.05, 4.69) is 5.32 Å². The Kier molecular flexibility index (Phi) is 4.57. The van der Waals surface area contributed by atoms with Crippen LogP contribution >= 0.6 is 11.3 Å². The molecule has 0 saturated heterocycles. The van der Waals surface area contributed by atoms with Crippen molar-refractivity contribution in [3.63, 3.8) is 0 Å². The minimum Gasteiger partial charge on any atom is -0.497 e. The van der Waals surface area contributed by atoms with Gasteiger partial charge in [-0.25, -0.2) is 4.79 Å². The van der Waals surface area contributed by atoms with Crippen LogP contribution in [0, 0.1) is 12.8 Å². The van der Waals surface area contributed by atoms with E-state index in [1.807, 2.05) is 37.3 Å². The number of carbonyl (C=O) groups is 2. The molecule has 0 radical (unpaired) electrons. The van der Waals surface area contributed by atoms with Crippen LogP contribution in [0.5, 0.6) is 5.75 Å². The Balaban J connectivity index is 1.79. The van der Waals surface area contributed by atoms with Gasteiger partial charge in [0.25, 0.3) is 5.91 Å². The van der Waals surface area contributed by atoms with Gasteiger partial charge in [0, 0.05) is 4.88 Å². The van der Waals surface area contributed by atoms with E-state index in [0.717, 1.165) is 34.6 Å². The van der Waals surface area contributed by atoms with E-state index in [-0.39, 0.29) is 11.8 Å². The number of rotatable bonds is 6. The lowest BCUT2D eigenvalue weighted by Crippen LogP contribution is -2.42. The Morgan fingerprint density at radius 1 is 1.29 bits per heavy atom. The van der Waals surface area contributed by atoms with Gasteiger partial charge in [0.2, 0.25) is 0 Å². The Bertz CT molecular complexity index is 762. The maximum Gasteiger partial charge on any atom is 0.326 e. The summed E-state index contributed by atoms with van der Waals surface area (Å²) in [5.41, 5.74) is 1.98. The molecule has 0 bridgehead atoms. The molecule has 5 nitrogen and oxygen atoms in total. The number of benzene rings is 1. The van der Waals surface area contributed by atoms with Gasteiger partial charge in [-0.05, 0) is 55.0 Å². The summed E-state index contributed by atoms with van der Waals surface area (Å²) < 4.78 is 5.16. The molecule has 1 atom stereocenters. The van der Waals surface area contributed by atoms with Crippen molar-refractivity contribution in [2.45, 2.75) is 25.8 Å². The number of hydrogen-bond donors (Lipinski definition) is 2. The van der Waals surface area contributed by atoms with Crippen LogP contribution in [-0.4, -0.2) is 30.1 Å². The normalized spacial score (nSPS) is 14.9. The number of amides is 1. The third-order valence-corrected chi connectivity index (χ3v) is 5.24. The van der Waals surface area contributed by atoms with Crippen LogP contribution < -0.4 is 10.1 Å². The average Bonchev–Trinajstić information content (AvgIpc) is 3.33. The van der Waals surface area contributed by atoms with Gasteiger partial charge in [-0.1, -0.05) is 12.1 Å². The zero-order valence-electron chi connectivity index (χ0n) is 13.5. The molecule has 24 heavy (non-hydrogen) atoms. The molecule has 1 saturated carbocycles. The van der Waals surface area contributed by atoms with Crippen LogP contribution in [0.3, 0.4) is 0 Å². The molecule has 1 aromatic carbocycles. The van der Waals surface area contributed by atoms with Gasteiger partial charge in [-0.2, -0.15) is 0 Å². The maximum atomic E-state index is 12.4. The summed E-state index contributed by atoms with van der Waals surface area (Å²) in [5.74, 6) is -0.441. The number of aliphatic carboxylic acids is 1. The van der Waals surface area contributed by atoms with Crippen LogP contribution in [0.25, 0.3) is 11.1 Å². The number of hydrogen-bond acceptors (Lipinski definition) is 4. The molecule has 0 aliphatic heterocycles. The lowest BCUT2D eigenvalue weighted by molar-refractivity contribution is -0.139. The van der Waals surface area contributed by atoms with Crippen molar-refractivity contribution >= 4 is 23.2 Å². The molecule has 126 valence electrons. The Morgan fingerprint density at radius 3 is 2.50 bits per heavy atom. The van der Waals surface area contributed by atoms with E-state index in [4.69, 9.17) is 4.74 Å². The largest absolute Gasteiger partial charge is 0.497 e. The Morgan fingerprint density at radius 2 is 1.96 bits per heavy atom. The molecule has 2 N–H and O–H groups in total. The number of thiophene rings is 1. The highest BCUT2D eigenvalue weighted by molar-refractivity contribution is 7.14. The molecule has 1 unspecified atom stereocenters. The molecule has 0 spiro atoms. The molecule has 1 aliphatic carbocycles. The number of methoxy groups -OCH3 is 1. The fourth-order valence-corrected chi connectivity index (χ4v) is 3.62. The molecule has 1 amide bonds. The first-order chi connectivity index (χ1) is 11.5. The predicted octanol–water partition coefficient (Wildman–Crippen LogP) is 3.33. The summed E-state index contributed by atoms with van der Waals surface area (Å²) in [6, 6.07) is 8.67. The van der Waals surface area contributed by atoms with E-state index in [1.165, 1.54) is 11.3 Å². The predicted molar refractivity (Wildman–Crippen MR) is 92.7 cm³/mol. The Labute approximate surface area is 144 Å². The van der Waals surface area contributed by atoms with Crippen molar-refractivity contribution in [2.75, 3.05) is 7.11 Å². The molecule has 1 aromatic heterocycles. The van der Waals surface area contributed by atoms with E-state index < -0.39 is 12.0 Å². The summed E-state index contributed by atoms with van der Waals surface area (Å²) >= 11 is 1.38. The minimum absolute atomic E-state index is 0.0635. The molecule has 1 fully saturated rings. The van der Waals surface area contributed by atoms with Gasteiger partial charge in [0.05, 0.1) is 12.0 Å². The lowest BCUT2D eigenvalue weighted by atomic mass is 10.1. The fourth-order valence-electron chi connectivity index (χ4n) is 2.67. The number of aryl methyl sites for hydroxylation is 1. The summed E-state index contributed by atoms with van der Waals surface area (Å²) in [5, 5.41) is 11.9. The van der Waals surface area contributed by atoms with Gasteiger partial charge < -0.3 is 15.2 Å². The van der Waals surface area contributed by atoms with Crippen molar-refractivity contribution < 1.29 is 19.4 Å². The first kappa shape index (κ1) is 16.5. The summed E-state index contributed by atoms with van der Waals surface area (Å²) in [6.45, 7) is 1.95. The number of carboxylic acids is 1. The van der Waals surface area contributed by atoms with Crippen molar-refractivity contribution in [1.29, 1.82) is 0 Å². The molecule has 6 heteroatoms. The van der Waals surface area contributed by atoms with E-state index in [9.17, 15) is 14.7 Å². The second-order valence-corrected chi connectivity index (χ2v) is 7.19. The van der Waals surface area contributed by atoms with Gasteiger partial charge in [0.1, 0.15) is 11.8 Å². The van der Waals surface area contributed by atoms with Crippen LogP contribution in [-0.2, 0) is 4.79 Å². The third kappa shape index (κ3) is 3.43. The molecule has 1 aliphatic rings. The van der Waals surface area contributed by atoms with Crippen molar-refractivity contribution in [1.82, 2.24) is 5.32 Å². The average molecular weight is 345 g/mol. The van der Waals surface area contributed by atoms with E-state index >= 15 is 0 Å². The summed E-state index contributed by atoms with van der Waals surface area (Å²) in [6.07, 6.45) is 1.72. The van der Waals surface area contributed by atoms with Gasteiger partial charge in [0.15, 0.2) is 0 Å². The number of carbonyl (C=O) groups excluding carboxylic acids is 1. The van der Waals surface area contributed by atoms with Crippen LogP contribution in [0.1, 0.15) is 27.4 Å². The minimum atomic E-state index is -0.963. The second kappa shape index (κ2) is 6.65. The standard InChI is InChI=1S/C18H19NO4S/c1-10-14(11-5-7-13(23-2)8-6-11)9-15(24-10)17(20)19-16(18(21)22)12-3-4-12/h5-9,12,16H,3-4H2,1-2H3,(H,19,20)(H,21,22). The Hall–Kier alpha value is -2.34. The van der Waals surface area contributed by atoms with Crippen molar-refractivity contribution in [2.24, 2.45) is 5.92 Å². The molecular formula is C18H19NO4S. The zero-order valence-corrected chi connectivity index (χ0v) is 14.4. The third-order valence-electron chi connectivity index (χ3n) is 4.19. The van der Waals surface area contributed by atoms with Crippen molar-refractivity contribution in [3.05, 3.63) is 40.1 Å². The van der Waals surface area contributed by atoms with Gasteiger partial charge in [-0.3, -0.25) is 4.79 Å². The van der Waals surface area contributed by atoms with Gasteiger partial charge >= 0.3 is 5.97 Å². The summed E-state index contributed by atoms with van der Waals surface area (Å²) in [7, 11) is 1.62. The number of carboxylic acid groups (broad SMARTS) is 1. The topological polar surface area (TPSA) is 75.6 Å². The fraction of sp³-hybridized carbons (Fsp3) is 0.333. The molecule has 3 rings (SSSR count). The smallest absolute Gasteiger partial charge is 0.326 e. The SMILES string of the molecule is COc1ccc(-c2cc(C(=O)NC(C(=O)O)C3CC3)sc2C)cc1. The highest BCUT2D eigenvalue weighted by Crippen LogP contribution is 2.34. The highest BCUT2D eigenvalue weighted by Gasteiger charge is 2.37. The quantitative estimate of drug-likeness (QED) is 0.842. The first-order valence-corrected chi connectivity index (χ1v) is 8.59. The van der Waals surface area contributed by atoms with Crippen LogP contribution in [0.15, 0.2) is 30.3 Å². The second-order valence-electron chi connectivity index (χ2n) is 5.94. The van der Waals surface area contributed by atoms with Crippen LogP contribution in [0.2, 0.25) is 0 Å². The summed E-state index contributed by atoms with van der Waals surface area (Å²) in [4.78, 5) is 25.2. The number of nitrogens with one attached hydrogen (secondary N) is 1. The highest BCUT2D eigenvalue weighted by atomic mass is 32.1. The molecule has 1 heterocycles.